The van der Waals surface area contributed by atoms with Gasteiger partial charge in [0.05, 0.1) is 17.2 Å². The largest absolute Gasteiger partial charge is 0.417 e. The van der Waals surface area contributed by atoms with Crippen molar-refractivity contribution in [2.75, 3.05) is 0 Å². The lowest BCUT2D eigenvalue weighted by atomic mass is 10.1. The third-order valence-corrected chi connectivity index (χ3v) is 3.62. The minimum atomic E-state index is -4.44. The van der Waals surface area contributed by atoms with Crippen LogP contribution in [0.3, 0.4) is 0 Å². The van der Waals surface area contributed by atoms with Crippen LogP contribution in [0.15, 0.2) is 60.9 Å². The van der Waals surface area contributed by atoms with Crippen LogP contribution < -0.4 is 0 Å². The molecule has 0 saturated carbocycles. The van der Waals surface area contributed by atoms with Crippen LogP contribution >= 0.6 is 0 Å². The molecule has 120 valence electrons. The van der Waals surface area contributed by atoms with Gasteiger partial charge in [-0.3, -0.25) is 0 Å². The van der Waals surface area contributed by atoms with Gasteiger partial charge in [0.2, 0.25) is 0 Å². The van der Waals surface area contributed by atoms with Crippen LogP contribution in [0.25, 0.3) is 11.4 Å². The molecule has 3 aromatic rings. The summed E-state index contributed by atoms with van der Waals surface area (Å²) >= 11 is 0. The van der Waals surface area contributed by atoms with E-state index in [0.717, 1.165) is 11.6 Å². The molecule has 3 nitrogen and oxygen atoms in total. The number of benzene rings is 2. The van der Waals surface area contributed by atoms with E-state index in [1.807, 2.05) is 6.07 Å². The van der Waals surface area contributed by atoms with Crippen LogP contribution in [0, 0.1) is 11.3 Å². The van der Waals surface area contributed by atoms with Gasteiger partial charge in [0, 0.05) is 24.5 Å². The molecule has 0 atom stereocenters. The summed E-state index contributed by atoms with van der Waals surface area (Å²) in [7, 11) is 0. The zero-order chi connectivity index (χ0) is 17.2. The highest BCUT2D eigenvalue weighted by atomic mass is 19.4. The Bertz CT molecular complexity index is 887. The highest BCUT2D eigenvalue weighted by Gasteiger charge is 2.34. The molecular weight excluding hydrogens is 315 g/mol. The van der Waals surface area contributed by atoms with Gasteiger partial charge in [-0.25, -0.2) is 4.98 Å². The number of nitrogens with zero attached hydrogens (tertiary/aromatic N) is 3. The monoisotopic (exact) mass is 327 g/mol. The second-order valence-electron chi connectivity index (χ2n) is 5.23. The van der Waals surface area contributed by atoms with Crippen LogP contribution in [0.1, 0.15) is 16.7 Å². The maximum absolute atomic E-state index is 13.2. The molecule has 6 heteroatoms. The molecule has 0 aliphatic heterocycles. The van der Waals surface area contributed by atoms with Crippen LogP contribution in [0.4, 0.5) is 13.2 Å². The Kier molecular flexibility index (Phi) is 4.09. The molecule has 24 heavy (non-hydrogen) atoms. The minimum absolute atomic E-state index is 0.0450. The van der Waals surface area contributed by atoms with Crippen molar-refractivity contribution in [3.8, 4) is 17.5 Å². The zero-order valence-corrected chi connectivity index (χ0v) is 12.5. The van der Waals surface area contributed by atoms with Gasteiger partial charge in [0.15, 0.2) is 0 Å². The second kappa shape index (κ2) is 6.20. The minimum Gasteiger partial charge on any atom is -0.327 e. The molecule has 0 aliphatic carbocycles. The number of halogens is 3. The topological polar surface area (TPSA) is 41.6 Å². The molecule has 0 radical (unpaired) electrons. The Morgan fingerprint density at radius 3 is 2.42 bits per heavy atom. The molecule has 1 heterocycles. The van der Waals surface area contributed by atoms with Crippen molar-refractivity contribution in [3.63, 3.8) is 0 Å². The first-order valence-corrected chi connectivity index (χ1v) is 7.16. The molecule has 0 bridgehead atoms. The van der Waals surface area contributed by atoms with E-state index in [0.29, 0.717) is 12.1 Å². The van der Waals surface area contributed by atoms with Crippen molar-refractivity contribution in [3.05, 3.63) is 77.6 Å². The van der Waals surface area contributed by atoms with Crippen molar-refractivity contribution in [2.45, 2.75) is 12.7 Å². The van der Waals surface area contributed by atoms with E-state index in [-0.39, 0.29) is 11.4 Å². The first kappa shape index (κ1) is 15.8. The fraction of sp³-hybridized carbons (Fsp3) is 0.111. The fourth-order valence-corrected chi connectivity index (χ4v) is 2.49. The van der Waals surface area contributed by atoms with E-state index in [9.17, 15) is 13.2 Å². The van der Waals surface area contributed by atoms with E-state index < -0.39 is 11.7 Å². The average molecular weight is 327 g/mol. The summed E-state index contributed by atoms with van der Waals surface area (Å²) in [5.74, 6) is 0.257. The smallest absolute Gasteiger partial charge is 0.327 e. The van der Waals surface area contributed by atoms with E-state index >= 15 is 0 Å². The molecule has 0 unspecified atom stereocenters. The first-order valence-electron chi connectivity index (χ1n) is 7.16. The Balaban J connectivity index is 1.98. The lowest BCUT2D eigenvalue weighted by Gasteiger charge is -2.14. The molecule has 1 aromatic heterocycles. The van der Waals surface area contributed by atoms with Gasteiger partial charge in [0.25, 0.3) is 0 Å². The van der Waals surface area contributed by atoms with Gasteiger partial charge in [-0.15, -0.1) is 0 Å². The molecule has 2 aromatic carbocycles. The lowest BCUT2D eigenvalue weighted by molar-refractivity contribution is -0.137. The van der Waals surface area contributed by atoms with E-state index in [4.69, 9.17) is 5.26 Å². The summed E-state index contributed by atoms with van der Waals surface area (Å²) in [5.41, 5.74) is 0.741. The SMILES string of the molecule is N#Cc1ccc(Cn2ccnc2-c2ccccc2C(F)(F)F)cc1. The van der Waals surface area contributed by atoms with Crippen molar-refractivity contribution in [2.24, 2.45) is 0 Å². The molecule has 0 saturated heterocycles. The van der Waals surface area contributed by atoms with Crippen LogP contribution in [-0.4, -0.2) is 9.55 Å². The predicted octanol–water partition coefficient (Wildman–Crippen LogP) is 4.49. The maximum Gasteiger partial charge on any atom is 0.417 e. The standard InChI is InChI=1S/C18H12F3N3/c19-18(20,21)16-4-2-1-3-15(16)17-23-9-10-24(17)12-14-7-5-13(11-22)6-8-14/h1-10H,12H2. The Hall–Kier alpha value is -3.07. The van der Waals surface area contributed by atoms with Gasteiger partial charge >= 0.3 is 6.18 Å². The predicted molar refractivity (Wildman–Crippen MR) is 82.9 cm³/mol. The molecule has 0 spiro atoms. The van der Waals surface area contributed by atoms with Gasteiger partial charge in [0.1, 0.15) is 5.82 Å². The highest BCUT2D eigenvalue weighted by molar-refractivity contribution is 5.61. The first-order chi connectivity index (χ1) is 11.5. The molecule has 3 rings (SSSR count). The number of imidazole rings is 1. The summed E-state index contributed by atoms with van der Waals surface area (Å²) in [6.07, 6.45) is -1.32. The Morgan fingerprint density at radius 1 is 1.04 bits per heavy atom. The number of aromatic nitrogens is 2. The molecule has 0 fully saturated rings. The zero-order valence-electron chi connectivity index (χ0n) is 12.5. The van der Waals surface area contributed by atoms with Crippen LogP contribution in [-0.2, 0) is 12.7 Å². The maximum atomic E-state index is 13.2. The van der Waals surface area contributed by atoms with Gasteiger partial charge < -0.3 is 4.57 Å². The quantitative estimate of drug-likeness (QED) is 0.711. The third kappa shape index (κ3) is 3.15. The van der Waals surface area contributed by atoms with Crippen molar-refractivity contribution < 1.29 is 13.2 Å². The van der Waals surface area contributed by atoms with Gasteiger partial charge in [-0.2, -0.15) is 18.4 Å². The fourth-order valence-electron chi connectivity index (χ4n) is 2.49. The number of rotatable bonds is 3. The summed E-state index contributed by atoms with van der Waals surface area (Å²) in [6, 6.07) is 14.3. The van der Waals surface area contributed by atoms with Crippen LogP contribution in [0.2, 0.25) is 0 Å². The van der Waals surface area contributed by atoms with Gasteiger partial charge in [-0.1, -0.05) is 30.3 Å². The normalized spacial score (nSPS) is 11.2. The van der Waals surface area contributed by atoms with Crippen molar-refractivity contribution >= 4 is 0 Å². The third-order valence-electron chi connectivity index (χ3n) is 3.62. The Morgan fingerprint density at radius 2 is 1.75 bits per heavy atom. The Labute approximate surface area is 136 Å². The number of hydrogen-bond donors (Lipinski definition) is 0. The second-order valence-corrected chi connectivity index (χ2v) is 5.23. The molecular formula is C18H12F3N3. The summed E-state index contributed by atoms with van der Waals surface area (Å²) in [5, 5.41) is 8.81. The van der Waals surface area contributed by atoms with Crippen LogP contribution in [0.5, 0.6) is 0 Å². The molecule has 0 amide bonds. The van der Waals surface area contributed by atoms with Crippen molar-refractivity contribution in [1.82, 2.24) is 9.55 Å². The van der Waals surface area contributed by atoms with Crippen molar-refractivity contribution in [1.29, 1.82) is 5.26 Å². The van der Waals surface area contributed by atoms with E-state index in [1.165, 1.54) is 18.3 Å². The lowest BCUT2D eigenvalue weighted by Crippen LogP contribution is -2.09. The number of hydrogen-bond acceptors (Lipinski definition) is 2. The summed E-state index contributed by atoms with van der Waals surface area (Å²) in [4.78, 5) is 4.10. The summed E-state index contributed by atoms with van der Waals surface area (Å²) < 4.78 is 41.3. The highest BCUT2D eigenvalue weighted by Crippen LogP contribution is 2.36. The summed E-state index contributed by atoms with van der Waals surface area (Å²) in [6.45, 7) is 0.368. The number of alkyl halides is 3. The molecule has 0 N–H and O–H groups in total. The van der Waals surface area contributed by atoms with E-state index in [1.54, 1.807) is 41.1 Å². The molecule has 0 aliphatic rings. The average Bonchev–Trinajstić information content (AvgIpc) is 3.03. The van der Waals surface area contributed by atoms with Gasteiger partial charge in [-0.05, 0) is 23.8 Å². The number of nitriles is 1. The van der Waals surface area contributed by atoms with E-state index in [2.05, 4.69) is 4.98 Å².